The number of hydrogen-bond donors (Lipinski definition) is 0. The van der Waals surface area contributed by atoms with Gasteiger partial charge in [-0.15, -0.1) is 0 Å². The van der Waals surface area contributed by atoms with Crippen molar-refractivity contribution in [1.29, 1.82) is 0 Å². The molecular weight excluding hydrogens is 330 g/mol. The largest absolute Gasteiger partial charge is 0.496 e. The summed E-state index contributed by atoms with van der Waals surface area (Å²) >= 11 is 6.66. The first-order chi connectivity index (χ1) is 12.1. The quantitative estimate of drug-likeness (QED) is 0.740. The van der Waals surface area contributed by atoms with Gasteiger partial charge in [0, 0.05) is 23.0 Å². The standard InChI is InChI=1S/C22H26ClNO/c1-15-13-16-9-12-24(2)21(17(16)14-20(15)25-3)22(10-6-11-22)18-7-4-5-8-19(18)23/h4-5,7-8,13-14,21H,6,9-12H2,1-3H3. The van der Waals surface area contributed by atoms with Crippen LogP contribution < -0.4 is 4.74 Å². The Kier molecular flexibility index (Phi) is 4.29. The Morgan fingerprint density at radius 2 is 1.96 bits per heavy atom. The highest BCUT2D eigenvalue weighted by molar-refractivity contribution is 6.31. The Balaban J connectivity index is 1.89. The van der Waals surface area contributed by atoms with Gasteiger partial charge in [0.2, 0.25) is 0 Å². The van der Waals surface area contributed by atoms with Crippen molar-refractivity contribution in [2.24, 2.45) is 0 Å². The van der Waals surface area contributed by atoms with Crippen LogP contribution in [-0.4, -0.2) is 25.6 Å². The van der Waals surface area contributed by atoms with Crippen LogP contribution in [0.5, 0.6) is 5.75 Å². The van der Waals surface area contributed by atoms with E-state index in [-0.39, 0.29) is 5.41 Å². The maximum absolute atomic E-state index is 6.66. The summed E-state index contributed by atoms with van der Waals surface area (Å²) in [7, 11) is 4.03. The number of halogens is 1. The highest BCUT2D eigenvalue weighted by Crippen LogP contribution is 2.57. The van der Waals surface area contributed by atoms with Gasteiger partial charge in [0.1, 0.15) is 5.75 Å². The summed E-state index contributed by atoms with van der Waals surface area (Å²) in [4.78, 5) is 2.53. The highest BCUT2D eigenvalue weighted by atomic mass is 35.5. The van der Waals surface area contributed by atoms with E-state index in [1.54, 1.807) is 7.11 Å². The molecule has 0 bridgehead atoms. The van der Waals surface area contributed by atoms with Gasteiger partial charge < -0.3 is 4.74 Å². The van der Waals surface area contributed by atoms with E-state index in [1.165, 1.54) is 41.5 Å². The fraction of sp³-hybridized carbons (Fsp3) is 0.455. The molecule has 2 aromatic rings. The van der Waals surface area contributed by atoms with Gasteiger partial charge >= 0.3 is 0 Å². The van der Waals surface area contributed by atoms with Crippen LogP contribution >= 0.6 is 11.6 Å². The zero-order valence-corrected chi connectivity index (χ0v) is 16.1. The number of aryl methyl sites for hydroxylation is 1. The molecule has 1 saturated carbocycles. The van der Waals surface area contributed by atoms with E-state index in [0.717, 1.165) is 23.7 Å². The highest BCUT2D eigenvalue weighted by Gasteiger charge is 2.50. The molecule has 1 heterocycles. The molecule has 0 spiro atoms. The lowest BCUT2D eigenvalue weighted by molar-refractivity contribution is 0.0716. The van der Waals surface area contributed by atoms with E-state index in [4.69, 9.17) is 16.3 Å². The average Bonchev–Trinajstić information content (AvgIpc) is 2.57. The fourth-order valence-corrected chi connectivity index (χ4v) is 5.27. The van der Waals surface area contributed by atoms with E-state index in [1.807, 2.05) is 12.1 Å². The Bertz CT molecular complexity index is 797. The molecule has 25 heavy (non-hydrogen) atoms. The Morgan fingerprint density at radius 3 is 2.60 bits per heavy atom. The second kappa shape index (κ2) is 6.34. The van der Waals surface area contributed by atoms with E-state index in [2.05, 4.69) is 43.1 Å². The molecule has 0 aromatic heterocycles. The minimum atomic E-state index is 0.114. The smallest absolute Gasteiger partial charge is 0.122 e. The van der Waals surface area contributed by atoms with Crippen LogP contribution in [0, 0.1) is 6.92 Å². The summed E-state index contributed by atoms with van der Waals surface area (Å²) < 4.78 is 5.64. The molecule has 0 saturated heterocycles. The van der Waals surface area contributed by atoms with Crippen LogP contribution in [0.4, 0.5) is 0 Å². The molecule has 1 aliphatic heterocycles. The van der Waals surface area contributed by atoms with E-state index in [9.17, 15) is 0 Å². The summed E-state index contributed by atoms with van der Waals surface area (Å²) in [6.45, 7) is 3.23. The number of hydrogen-bond acceptors (Lipinski definition) is 2. The van der Waals surface area contributed by atoms with Gasteiger partial charge in [-0.05, 0) is 67.6 Å². The van der Waals surface area contributed by atoms with E-state index >= 15 is 0 Å². The molecule has 1 fully saturated rings. The summed E-state index contributed by atoms with van der Waals surface area (Å²) in [5.74, 6) is 0.993. The average molecular weight is 356 g/mol. The van der Waals surface area contributed by atoms with E-state index < -0.39 is 0 Å². The SMILES string of the molecule is COc1cc2c(cc1C)CCN(C)C2C1(c2ccccc2Cl)CCC1. The van der Waals surface area contributed by atoms with Gasteiger partial charge in [-0.3, -0.25) is 4.90 Å². The number of benzene rings is 2. The molecule has 132 valence electrons. The molecule has 2 aromatic carbocycles. The third kappa shape index (κ3) is 2.58. The van der Waals surface area contributed by atoms with Crippen molar-refractivity contribution in [3.63, 3.8) is 0 Å². The molecular formula is C22H26ClNO. The summed E-state index contributed by atoms with van der Waals surface area (Å²) in [6, 6.07) is 13.4. The molecule has 0 N–H and O–H groups in total. The van der Waals surface area contributed by atoms with Crippen LogP contribution in [0.3, 0.4) is 0 Å². The van der Waals surface area contributed by atoms with Crippen molar-refractivity contribution in [3.05, 3.63) is 63.7 Å². The van der Waals surface area contributed by atoms with E-state index in [0.29, 0.717) is 6.04 Å². The topological polar surface area (TPSA) is 12.5 Å². The van der Waals surface area contributed by atoms with Crippen molar-refractivity contribution < 1.29 is 4.74 Å². The molecule has 0 radical (unpaired) electrons. The van der Waals surface area contributed by atoms with Crippen LogP contribution in [0.2, 0.25) is 5.02 Å². The minimum Gasteiger partial charge on any atom is -0.496 e. The monoisotopic (exact) mass is 355 g/mol. The summed E-state index contributed by atoms with van der Waals surface area (Å²) in [5, 5.41) is 0.904. The zero-order chi connectivity index (χ0) is 17.6. The number of nitrogens with zero attached hydrogens (tertiary/aromatic N) is 1. The molecule has 3 heteroatoms. The predicted octanol–water partition coefficient (Wildman–Crippen LogP) is 5.31. The fourth-order valence-electron chi connectivity index (χ4n) is 4.95. The Morgan fingerprint density at radius 1 is 1.20 bits per heavy atom. The maximum atomic E-state index is 6.66. The third-order valence-electron chi connectivity index (χ3n) is 6.31. The molecule has 2 nitrogen and oxygen atoms in total. The first-order valence-corrected chi connectivity index (χ1v) is 9.57. The lowest BCUT2D eigenvalue weighted by atomic mass is 9.57. The Hall–Kier alpha value is -1.51. The lowest BCUT2D eigenvalue weighted by Crippen LogP contribution is -2.50. The predicted molar refractivity (Wildman–Crippen MR) is 104 cm³/mol. The molecule has 4 rings (SSSR count). The molecule has 1 aliphatic carbocycles. The van der Waals surface area contributed by atoms with Crippen molar-refractivity contribution in [3.8, 4) is 5.75 Å². The Labute approximate surface area is 155 Å². The second-order valence-electron chi connectivity index (χ2n) is 7.64. The number of ether oxygens (including phenoxy) is 1. The first kappa shape index (κ1) is 16.9. The van der Waals surface area contributed by atoms with Crippen LogP contribution in [0.15, 0.2) is 36.4 Å². The zero-order valence-electron chi connectivity index (χ0n) is 15.3. The number of methoxy groups -OCH3 is 1. The number of likely N-dealkylation sites (N-methyl/N-ethyl adjacent to an activating group) is 1. The van der Waals surface area contributed by atoms with Gasteiger partial charge in [0.05, 0.1) is 7.11 Å². The second-order valence-corrected chi connectivity index (χ2v) is 8.05. The van der Waals surface area contributed by atoms with Crippen molar-refractivity contribution >= 4 is 11.6 Å². The summed E-state index contributed by atoms with van der Waals surface area (Å²) in [6.07, 6.45) is 4.77. The molecule has 2 aliphatic rings. The van der Waals surface area contributed by atoms with Gasteiger partial charge in [0.15, 0.2) is 0 Å². The maximum Gasteiger partial charge on any atom is 0.122 e. The van der Waals surface area contributed by atoms with Crippen LogP contribution in [0.1, 0.15) is 47.6 Å². The van der Waals surface area contributed by atoms with Gasteiger partial charge in [-0.2, -0.15) is 0 Å². The molecule has 1 atom stereocenters. The minimum absolute atomic E-state index is 0.114. The molecule has 0 amide bonds. The number of fused-ring (bicyclic) bond motifs is 1. The van der Waals surface area contributed by atoms with Gasteiger partial charge in [0.25, 0.3) is 0 Å². The van der Waals surface area contributed by atoms with Gasteiger partial charge in [-0.25, -0.2) is 0 Å². The van der Waals surface area contributed by atoms with Crippen LogP contribution in [-0.2, 0) is 11.8 Å². The third-order valence-corrected chi connectivity index (χ3v) is 6.63. The van der Waals surface area contributed by atoms with Crippen molar-refractivity contribution in [2.75, 3.05) is 20.7 Å². The summed E-state index contributed by atoms with van der Waals surface area (Å²) in [5.41, 5.74) is 5.55. The molecule has 1 unspecified atom stereocenters. The van der Waals surface area contributed by atoms with Crippen molar-refractivity contribution in [2.45, 2.75) is 44.1 Å². The number of rotatable bonds is 3. The van der Waals surface area contributed by atoms with Crippen LogP contribution in [0.25, 0.3) is 0 Å². The normalized spacial score (nSPS) is 22.2. The first-order valence-electron chi connectivity index (χ1n) is 9.19. The van der Waals surface area contributed by atoms with Gasteiger partial charge in [-0.1, -0.05) is 42.3 Å². The van der Waals surface area contributed by atoms with Crippen molar-refractivity contribution in [1.82, 2.24) is 4.90 Å². The lowest BCUT2D eigenvalue weighted by Gasteiger charge is -2.54.